The van der Waals surface area contributed by atoms with Crippen LogP contribution in [0.15, 0.2) is 0 Å². The van der Waals surface area contributed by atoms with Crippen LogP contribution in [0.25, 0.3) is 0 Å². The molecular weight excluding hydrogens is 242 g/mol. The molecule has 1 rings (SSSR count). The minimum Gasteiger partial charge on any atom is -0.317 e. The van der Waals surface area contributed by atoms with Crippen LogP contribution in [0.2, 0.25) is 0 Å². The van der Waals surface area contributed by atoms with Crippen LogP contribution in [0.3, 0.4) is 0 Å². The Morgan fingerprint density at radius 1 is 1.00 bits per heavy atom. The van der Waals surface area contributed by atoms with Gasteiger partial charge in [0.2, 0.25) is 0 Å². The summed E-state index contributed by atoms with van der Waals surface area (Å²) in [5, 5.41) is 3.64. The average Bonchev–Trinajstić information content (AvgIpc) is 2.42. The first-order chi connectivity index (χ1) is 9.61. The first-order valence-electron chi connectivity index (χ1n) is 9.29. The minimum absolute atomic E-state index is 0.549. The van der Waals surface area contributed by atoms with Crippen LogP contribution in [-0.2, 0) is 0 Å². The highest BCUT2D eigenvalue weighted by Crippen LogP contribution is 2.43. The van der Waals surface area contributed by atoms with E-state index in [1.54, 1.807) is 0 Å². The SMILES string of the molecule is CCCCCCCCCC(NC)C1CCCCC1(C)C. The lowest BCUT2D eigenvalue weighted by Gasteiger charge is -2.43. The molecule has 1 aliphatic rings. The molecule has 1 aliphatic carbocycles. The van der Waals surface area contributed by atoms with Gasteiger partial charge in [-0.25, -0.2) is 0 Å². The highest BCUT2D eigenvalue weighted by atomic mass is 14.9. The average molecular weight is 282 g/mol. The Morgan fingerprint density at radius 3 is 2.25 bits per heavy atom. The van der Waals surface area contributed by atoms with Crippen LogP contribution in [0.5, 0.6) is 0 Å². The van der Waals surface area contributed by atoms with Crippen LogP contribution in [-0.4, -0.2) is 13.1 Å². The second-order valence-corrected chi connectivity index (χ2v) is 7.65. The number of rotatable bonds is 10. The molecule has 0 saturated heterocycles. The van der Waals surface area contributed by atoms with E-state index >= 15 is 0 Å². The number of nitrogens with one attached hydrogen (secondary N) is 1. The zero-order valence-electron chi connectivity index (χ0n) is 14.6. The molecule has 1 fully saturated rings. The molecule has 1 heteroatoms. The largest absolute Gasteiger partial charge is 0.317 e. The first kappa shape index (κ1) is 18.0. The van der Waals surface area contributed by atoms with E-state index in [9.17, 15) is 0 Å². The normalized spacial score (nSPS) is 23.7. The highest BCUT2D eigenvalue weighted by Gasteiger charge is 2.36. The van der Waals surface area contributed by atoms with Gasteiger partial charge in [0.25, 0.3) is 0 Å². The minimum atomic E-state index is 0.549. The van der Waals surface area contributed by atoms with Crippen molar-refractivity contribution in [1.29, 1.82) is 0 Å². The molecular formula is C19H39N. The molecule has 1 N–H and O–H groups in total. The van der Waals surface area contributed by atoms with Crippen LogP contribution in [0.4, 0.5) is 0 Å². The lowest BCUT2D eigenvalue weighted by atomic mass is 9.65. The van der Waals surface area contributed by atoms with Gasteiger partial charge in [-0.05, 0) is 37.6 Å². The fourth-order valence-corrected chi connectivity index (χ4v) is 4.13. The maximum absolute atomic E-state index is 3.64. The topological polar surface area (TPSA) is 12.0 Å². The van der Waals surface area contributed by atoms with E-state index in [1.807, 2.05) is 0 Å². The van der Waals surface area contributed by atoms with E-state index < -0.39 is 0 Å². The van der Waals surface area contributed by atoms with Gasteiger partial charge in [-0.1, -0.05) is 78.6 Å². The molecule has 1 nitrogen and oxygen atoms in total. The summed E-state index contributed by atoms with van der Waals surface area (Å²) in [7, 11) is 2.18. The van der Waals surface area contributed by atoms with Crippen LogP contribution >= 0.6 is 0 Å². The molecule has 0 aromatic carbocycles. The molecule has 2 unspecified atom stereocenters. The summed E-state index contributed by atoms with van der Waals surface area (Å²) in [4.78, 5) is 0. The van der Waals surface area contributed by atoms with Crippen molar-refractivity contribution in [1.82, 2.24) is 5.32 Å². The van der Waals surface area contributed by atoms with Crippen molar-refractivity contribution in [3.63, 3.8) is 0 Å². The second-order valence-electron chi connectivity index (χ2n) is 7.65. The molecule has 0 radical (unpaired) electrons. The molecule has 0 amide bonds. The van der Waals surface area contributed by atoms with Gasteiger partial charge in [-0.2, -0.15) is 0 Å². The third kappa shape index (κ3) is 6.16. The third-order valence-electron chi connectivity index (χ3n) is 5.57. The second kappa shape index (κ2) is 9.82. The van der Waals surface area contributed by atoms with Gasteiger partial charge in [-0.3, -0.25) is 0 Å². The quantitative estimate of drug-likeness (QED) is 0.489. The van der Waals surface area contributed by atoms with Gasteiger partial charge < -0.3 is 5.32 Å². The Kier molecular flexibility index (Phi) is 8.84. The van der Waals surface area contributed by atoms with Crippen LogP contribution in [0.1, 0.15) is 97.8 Å². The van der Waals surface area contributed by atoms with Crippen LogP contribution in [0, 0.1) is 11.3 Å². The van der Waals surface area contributed by atoms with E-state index in [0.29, 0.717) is 5.41 Å². The van der Waals surface area contributed by atoms with Gasteiger partial charge >= 0.3 is 0 Å². The predicted octanol–water partition coefficient (Wildman–Crippen LogP) is 5.93. The molecule has 0 aliphatic heterocycles. The van der Waals surface area contributed by atoms with E-state index in [-0.39, 0.29) is 0 Å². The molecule has 120 valence electrons. The lowest BCUT2D eigenvalue weighted by Crippen LogP contribution is -2.43. The summed E-state index contributed by atoms with van der Waals surface area (Å²) in [6.45, 7) is 7.28. The zero-order valence-corrected chi connectivity index (χ0v) is 14.6. The Hall–Kier alpha value is -0.0400. The fourth-order valence-electron chi connectivity index (χ4n) is 4.13. The van der Waals surface area contributed by atoms with E-state index in [1.165, 1.54) is 77.0 Å². The molecule has 0 spiro atoms. The number of hydrogen-bond donors (Lipinski definition) is 1. The van der Waals surface area contributed by atoms with E-state index in [4.69, 9.17) is 0 Å². The van der Waals surface area contributed by atoms with E-state index in [2.05, 4.69) is 33.1 Å². The summed E-state index contributed by atoms with van der Waals surface area (Å²) >= 11 is 0. The third-order valence-corrected chi connectivity index (χ3v) is 5.57. The predicted molar refractivity (Wildman–Crippen MR) is 91.2 cm³/mol. The Morgan fingerprint density at radius 2 is 1.65 bits per heavy atom. The molecule has 0 aromatic heterocycles. The first-order valence-corrected chi connectivity index (χ1v) is 9.29. The van der Waals surface area contributed by atoms with Gasteiger partial charge in [0, 0.05) is 6.04 Å². The van der Waals surface area contributed by atoms with Crippen molar-refractivity contribution in [2.24, 2.45) is 11.3 Å². The maximum atomic E-state index is 3.64. The van der Waals surface area contributed by atoms with Gasteiger partial charge in [0.05, 0.1) is 0 Å². The van der Waals surface area contributed by atoms with E-state index in [0.717, 1.165) is 12.0 Å². The standard InChI is InChI=1S/C19H39N/c1-5-6-7-8-9-10-11-15-18(20-4)17-14-12-13-16-19(17,2)3/h17-18,20H,5-16H2,1-4H3. The van der Waals surface area contributed by atoms with Crippen molar-refractivity contribution in [2.75, 3.05) is 7.05 Å². The maximum Gasteiger partial charge on any atom is 0.00974 e. The van der Waals surface area contributed by atoms with Crippen molar-refractivity contribution < 1.29 is 0 Å². The van der Waals surface area contributed by atoms with Gasteiger partial charge in [-0.15, -0.1) is 0 Å². The molecule has 20 heavy (non-hydrogen) atoms. The van der Waals surface area contributed by atoms with Crippen LogP contribution < -0.4 is 5.32 Å². The fraction of sp³-hybridized carbons (Fsp3) is 1.00. The van der Waals surface area contributed by atoms with Crippen molar-refractivity contribution >= 4 is 0 Å². The zero-order chi connectivity index (χ0) is 14.8. The molecule has 2 atom stereocenters. The number of unbranched alkanes of at least 4 members (excludes halogenated alkanes) is 6. The lowest BCUT2D eigenvalue weighted by molar-refractivity contribution is 0.0966. The Bertz CT molecular complexity index is 234. The molecule has 1 saturated carbocycles. The molecule has 0 heterocycles. The summed E-state index contributed by atoms with van der Waals surface area (Å²) in [6, 6.07) is 0.751. The smallest absolute Gasteiger partial charge is 0.00974 e. The Labute approximate surface area is 128 Å². The molecule has 0 aromatic rings. The monoisotopic (exact) mass is 281 g/mol. The summed E-state index contributed by atoms with van der Waals surface area (Å²) in [6.07, 6.45) is 17.1. The molecule has 0 bridgehead atoms. The highest BCUT2D eigenvalue weighted by molar-refractivity contribution is 4.89. The van der Waals surface area contributed by atoms with Crippen molar-refractivity contribution in [3.8, 4) is 0 Å². The summed E-state index contributed by atoms with van der Waals surface area (Å²) in [5.74, 6) is 0.890. The van der Waals surface area contributed by atoms with Gasteiger partial charge in [0.1, 0.15) is 0 Å². The summed E-state index contributed by atoms with van der Waals surface area (Å²) in [5.41, 5.74) is 0.549. The Balaban J connectivity index is 2.21. The van der Waals surface area contributed by atoms with Crippen molar-refractivity contribution in [2.45, 2.75) is 104 Å². The number of hydrogen-bond acceptors (Lipinski definition) is 1. The van der Waals surface area contributed by atoms with Crippen molar-refractivity contribution in [3.05, 3.63) is 0 Å². The summed E-state index contributed by atoms with van der Waals surface area (Å²) < 4.78 is 0. The van der Waals surface area contributed by atoms with Gasteiger partial charge in [0.15, 0.2) is 0 Å².